The van der Waals surface area contributed by atoms with Gasteiger partial charge in [0.25, 0.3) is 0 Å². The third kappa shape index (κ3) is 2.38. The molecule has 2 nitrogen and oxygen atoms in total. The van der Waals surface area contributed by atoms with Gasteiger partial charge >= 0.3 is 0 Å². The molecule has 0 N–H and O–H groups in total. The second kappa shape index (κ2) is 5.32. The van der Waals surface area contributed by atoms with Gasteiger partial charge in [-0.3, -0.25) is 4.90 Å². The van der Waals surface area contributed by atoms with Gasteiger partial charge in [0.05, 0.1) is 13.2 Å². The third-order valence-electron chi connectivity index (χ3n) is 4.22. The SMILES string of the molecule is Cc1ccc(C(C)N2CCOCC2)c2ccccc12. The van der Waals surface area contributed by atoms with E-state index < -0.39 is 0 Å². The van der Waals surface area contributed by atoms with Gasteiger partial charge in [-0.05, 0) is 35.7 Å². The first-order valence-corrected chi connectivity index (χ1v) is 7.07. The Morgan fingerprint density at radius 2 is 1.68 bits per heavy atom. The van der Waals surface area contributed by atoms with Crippen LogP contribution in [-0.2, 0) is 4.74 Å². The van der Waals surface area contributed by atoms with E-state index >= 15 is 0 Å². The van der Waals surface area contributed by atoms with Crippen molar-refractivity contribution in [3.8, 4) is 0 Å². The Kier molecular flexibility index (Phi) is 3.54. The zero-order valence-electron chi connectivity index (χ0n) is 11.7. The molecule has 0 bridgehead atoms. The molecule has 2 aromatic carbocycles. The second-order valence-corrected chi connectivity index (χ2v) is 5.34. The number of hydrogen-bond donors (Lipinski definition) is 0. The van der Waals surface area contributed by atoms with Crippen molar-refractivity contribution in [1.82, 2.24) is 4.90 Å². The Morgan fingerprint density at radius 3 is 2.42 bits per heavy atom. The molecule has 0 saturated carbocycles. The minimum atomic E-state index is 0.453. The summed E-state index contributed by atoms with van der Waals surface area (Å²) >= 11 is 0. The summed E-state index contributed by atoms with van der Waals surface area (Å²) in [6.45, 7) is 8.27. The number of ether oxygens (including phenoxy) is 1. The Balaban J connectivity index is 2.02. The average molecular weight is 255 g/mol. The van der Waals surface area contributed by atoms with E-state index in [-0.39, 0.29) is 0 Å². The van der Waals surface area contributed by atoms with E-state index in [9.17, 15) is 0 Å². The summed E-state index contributed by atoms with van der Waals surface area (Å²) in [4.78, 5) is 2.51. The lowest BCUT2D eigenvalue weighted by Crippen LogP contribution is -2.38. The first-order chi connectivity index (χ1) is 9.27. The minimum Gasteiger partial charge on any atom is -0.379 e. The molecule has 2 aromatic rings. The van der Waals surface area contributed by atoms with E-state index in [1.165, 1.54) is 21.9 Å². The number of benzene rings is 2. The van der Waals surface area contributed by atoms with Gasteiger partial charge in [-0.25, -0.2) is 0 Å². The summed E-state index contributed by atoms with van der Waals surface area (Å²) < 4.78 is 5.45. The van der Waals surface area contributed by atoms with Crippen LogP contribution in [0, 0.1) is 6.92 Å². The highest BCUT2D eigenvalue weighted by atomic mass is 16.5. The largest absolute Gasteiger partial charge is 0.379 e. The number of aryl methyl sites for hydroxylation is 1. The Labute approximate surface area is 115 Å². The molecule has 1 unspecified atom stereocenters. The van der Waals surface area contributed by atoms with Crippen molar-refractivity contribution in [2.24, 2.45) is 0 Å². The van der Waals surface area contributed by atoms with E-state index in [2.05, 4.69) is 55.1 Å². The molecule has 1 saturated heterocycles. The standard InChI is InChI=1S/C17H21NO/c1-13-7-8-16(17-6-4-3-5-15(13)17)14(2)18-9-11-19-12-10-18/h3-8,14H,9-12H2,1-2H3. The van der Waals surface area contributed by atoms with Crippen LogP contribution in [0.3, 0.4) is 0 Å². The lowest BCUT2D eigenvalue weighted by molar-refractivity contribution is 0.0201. The van der Waals surface area contributed by atoms with E-state index in [0.29, 0.717) is 6.04 Å². The topological polar surface area (TPSA) is 12.5 Å². The molecule has 0 amide bonds. The van der Waals surface area contributed by atoms with E-state index in [4.69, 9.17) is 4.74 Å². The molecule has 1 aliphatic heterocycles. The van der Waals surface area contributed by atoms with Gasteiger partial charge in [0.2, 0.25) is 0 Å². The monoisotopic (exact) mass is 255 g/mol. The summed E-state index contributed by atoms with van der Waals surface area (Å²) in [7, 11) is 0. The molecule has 0 spiro atoms. The summed E-state index contributed by atoms with van der Waals surface area (Å²) in [5.41, 5.74) is 2.79. The Morgan fingerprint density at radius 1 is 1.00 bits per heavy atom. The van der Waals surface area contributed by atoms with Crippen LogP contribution >= 0.6 is 0 Å². The Hall–Kier alpha value is -1.38. The van der Waals surface area contributed by atoms with Gasteiger partial charge in [0, 0.05) is 19.1 Å². The normalized spacial score (nSPS) is 18.6. The van der Waals surface area contributed by atoms with Crippen LogP contribution in [0.15, 0.2) is 36.4 Å². The highest BCUT2D eigenvalue weighted by molar-refractivity contribution is 5.88. The first-order valence-electron chi connectivity index (χ1n) is 7.07. The van der Waals surface area contributed by atoms with Crippen molar-refractivity contribution in [3.63, 3.8) is 0 Å². The molecule has 1 heterocycles. The predicted molar refractivity (Wildman–Crippen MR) is 79.5 cm³/mol. The zero-order valence-corrected chi connectivity index (χ0v) is 11.7. The third-order valence-corrected chi connectivity index (χ3v) is 4.22. The van der Waals surface area contributed by atoms with Crippen LogP contribution in [0.25, 0.3) is 10.8 Å². The molecule has 100 valence electrons. The number of fused-ring (bicyclic) bond motifs is 1. The van der Waals surface area contributed by atoms with Gasteiger partial charge in [0.15, 0.2) is 0 Å². The fourth-order valence-electron chi connectivity index (χ4n) is 3.00. The van der Waals surface area contributed by atoms with Crippen molar-refractivity contribution in [3.05, 3.63) is 47.5 Å². The van der Waals surface area contributed by atoms with Crippen molar-refractivity contribution in [2.75, 3.05) is 26.3 Å². The van der Waals surface area contributed by atoms with E-state index in [1.54, 1.807) is 0 Å². The maximum Gasteiger partial charge on any atom is 0.0594 e. The Bertz CT molecular complexity index is 572. The first kappa shape index (κ1) is 12.6. The van der Waals surface area contributed by atoms with Crippen molar-refractivity contribution >= 4 is 10.8 Å². The summed E-state index contributed by atoms with van der Waals surface area (Å²) in [6.07, 6.45) is 0. The molecule has 1 aliphatic rings. The second-order valence-electron chi connectivity index (χ2n) is 5.34. The van der Waals surface area contributed by atoms with Crippen LogP contribution in [0.2, 0.25) is 0 Å². The van der Waals surface area contributed by atoms with Crippen molar-refractivity contribution in [2.45, 2.75) is 19.9 Å². The van der Waals surface area contributed by atoms with Gasteiger partial charge < -0.3 is 4.74 Å². The van der Waals surface area contributed by atoms with E-state index in [1.807, 2.05) is 0 Å². The molecular formula is C17H21NO. The lowest BCUT2D eigenvalue weighted by atomic mass is 9.95. The van der Waals surface area contributed by atoms with Gasteiger partial charge in [-0.1, -0.05) is 36.4 Å². The van der Waals surface area contributed by atoms with Crippen LogP contribution in [0.1, 0.15) is 24.1 Å². The molecule has 19 heavy (non-hydrogen) atoms. The molecule has 0 aromatic heterocycles. The lowest BCUT2D eigenvalue weighted by Gasteiger charge is -2.33. The van der Waals surface area contributed by atoms with Gasteiger partial charge in [-0.2, -0.15) is 0 Å². The molecule has 3 rings (SSSR count). The average Bonchev–Trinajstić information content (AvgIpc) is 2.48. The van der Waals surface area contributed by atoms with E-state index in [0.717, 1.165) is 26.3 Å². The predicted octanol–water partition coefficient (Wildman–Crippen LogP) is 3.54. The zero-order chi connectivity index (χ0) is 13.2. The molecule has 0 aliphatic carbocycles. The highest BCUT2D eigenvalue weighted by Gasteiger charge is 2.20. The number of morpholine rings is 1. The molecule has 2 heteroatoms. The molecule has 1 fully saturated rings. The fourth-order valence-corrected chi connectivity index (χ4v) is 3.00. The minimum absolute atomic E-state index is 0.453. The summed E-state index contributed by atoms with van der Waals surface area (Å²) in [5, 5.41) is 2.77. The molecular weight excluding hydrogens is 234 g/mol. The van der Waals surface area contributed by atoms with Gasteiger partial charge in [-0.15, -0.1) is 0 Å². The highest BCUT2D eigenvalue weighted by Crippen LogP contribution is 2.30. The maximum atomic E-state index is 5.45. The quantitative estimate of drug-likeness (QED) is 0.814. The molecule has 1 atom stereocenters. The van der Waals surface area contributed by atoms with Crippen molar-refractivity contribution in [1.29, 1.82) is 0 Å². The van der Waals surface area contributed by atoms with Crippen LogP contribution in [0.5, 0.6) is 0 Å². The van der Waals surface area contributed by atoms with Gasteiger partial charge in [0.1, 0.15) is 0 Å². The van der Waals surface area contributed by atoms with Crippen molar-refractivity contribution < 1.29 is 4.74 Å². The summed E-state index contributed by atoms with van der Waals surface area (Å²) in [6, 6.07) is 13.7. The number of hydrogen-bond acceptors (Lipinski definition) is 2. The summed E-state index contributed by atoms with van der Waals surface area (Å²) in [5.74, 6) is 0. The fraction of sp³-hybridized carbons (Fsp3) is 0.412. The maximum absolute atomic E-state index is 5.45. The number of nitrogens with zero attached hydrogens (tertiary/aromatic N) is 1. The van der Waals surface area contributed by atoms with Crippen LogP contribution in [0.4, 0.5) is 0 Å². The van der Waals surface area contributed by atoms with Crippen LogP contribution < -0.4 is 0 Å². The number of rotatable bonds is 2. The molecule has 0 radical (unpaired) electrons. The van der Waals surface area contributed by atoms with Crippen LogP contribution in [-0.4, -0.2) is 31.2 Å². The smallest absolute Gasteiger partial charge is 0.0594 e.